The number of carboxylic acids is 1. The third kappa shape index (κ3) is 2.12. The van der Waals surface area contributed by atoms with E-state index in [1.54, 1.807) is 16.8 Å². The van der Waals surface area contributed by atoms with Gasteiger partial charge in [0.2, 0.25) is 0 Å². The summed E-state index contributed by atoms with van der Waals surface area (Å²) in [7, 11) is 0. The van der Waals surface area contributed by atoms with Crippen molar-refractivity contribution in [2.75, 3.05) is 0 Å². The first-order valence-electron chi connectivity index (χ1n) is 5.92. The quantitative estimate of drug-likeness (QED) is 0.770. The summed E-state index contributed by atoms with van der Waals surface area (Å²) in [6.45, 7) is 2.34. The number of fused-ring (bicyclic) bond motifs is 1. The van der Waals surface area contributed by atoms with Crippen LogP contribution in [0.15, 0.2) is 29.2 Å². The van der Waals surface area contributed by atoms with Crippen molar-refractivity contribution in [3.8, 4) is 0 Å². The van der Waals surface area contributed by atoms with E-state index >= 15 is 0 Å². The normalized spacial score (nSPS) is 11.1. The first kappa shape index (κ1) is 12.6. The number of rotatable bonds is 3. The highest BCUT2D eigenvalue weighted by Gasteiger charge is 2.11. The van der Waals surface area contributed by atoms with Crippen LogP contribution in [0.25, 0.3) is 11.0 Å². The van der Waals surface area contributed by atoms with E-state index in [0.717, 1.165) is 9.88 Å². The number of imidazole rings is 1. The third-order valence-electron chi connectivity index (χ3n) is 2.98. The smallest absolute Gasteiger partial charge is 0.335 e. The summed E-state index contributed by atoms with van der Waals surface area (Å²) in [5.74, 6) is -1.02. The molecule has 0 radical (unpaired) electrons. The van der Waals surface area contributed by atoms with Crippen LogP contribution >= 0.6 is 11.3 Å². The molecule has 0 bridgehead atoms. The molecule has 102 valence electrons. The van der Waals surface area contributed by atoms with Crippen molar-refractivity contribution in [2.45, 2.75) is 13.5 Å². The number of carbonyl (C=O) groups is 1. The summed E-state index contributed by atoms with van der Waals surface area (Å²) >= 11 is 1.53. The van der Waals surface area contributed by atoms with Gasteiger partial charge in [-0.05, 0) is 25.1 Å². The van der Waals surface area contributed by atoms with Gasteiger partial charge in [0.05, 0.1) is 23.1 Å². The van der Waals surface area contributed by atoms with Gasteiger partial charge in [0, 0.05) is 11.1 Å². The molecule has 2 heterocycles. The Kier molecular flexibility index (Phi) is 2.90. The molecule has 1 aromatic carbocycles. The fraction of sp³-hybridized carbons (Fsp3) is 0.154. The summed E-state index contributed by atoms with van der Waals surface area (Å²) in [5, 5.41) is 9.79. The molecule has 3 rings (SSSR count). The maximum absolute atomic E-state index is 12.0. The number of nitrogens with one attached hydrogen (secondary N) is 1. The molecule has 7 heteroatoms. The monoisotopic (exact) mass is 289 g/mol. The molecule has 2 aromatic heterocycles. The van der Waals surface area contributed by atoms with Crippen LogP contribution in [0.1, 0.15) is 20.2 Å². The number of aromatic carboxylic acids is 1. The van der Waals surface area contributed by atoms with E-state index in [-0.39, 0.29) is 11.3 Å². The third-order valence-corrected chi connectivity index (χ3v) is 3.88. The SMILES string of the molecule is Cc1cnc(Cn2c(=O)[nH]c3cc(C(=O)O)ccc32)s1. The van der Waals surface area contributed by atoms with E-state index in [2.05, 4.69) is 9.97 Å². The van der Waals surface area contributed by atoms with Gasteiger partial charge in [-0.25, -0.2) is 14.6 Å². The standard InChI is InChI=1S/C13H11N3O3S/c1-7-5-14-11(20-7)6-16-10-3-2-8(12(17)18)4-9(10)15-13(16)19/h2-5H,6H2,1H3,(H,15,19)(H,17,18). The molecule has 3 aromatic rings. The molecular weight excluding hydrogens is 278 g/mol. The molecule has 0 aliphatic rings. The minimum atomic E-state index is -1.02. The molecule has 2 N–H and O–H groups in total. The lowest BCUT2D eigenvalue weighted by Gasteiger charge is -2.00. The maximum atomic E-state index is 12.0. The number of hydrogen-bond donors (Lipinski definition) is 2. The van der Waals surface area contributed by atoms with Crippen LogP contribution in [0.2, 0.25) is 0 Å². The number of benzene rings is 1. The van der Waals surface area contributed by atoms with Gasteiger partial charge in [0.25, 0.3) is 0 Å². The van der Waals surface area contributed by atoms with Crippen molar-refractivity contribution in [3.05, 3.63) is 50.3 Å². The van der Waals surface area contributed by atoms with Crippen LogP contribution in [0, 0.1) is 6.92 Å². The van der Waals surface area contributed by atoms with Gasteiger partial charge in [-0.15, -0.1) is 11.3 Å². The van der Waals surface area contributed by atoms with Crippen molar-refractivity contribution in [3.63, 3.8) is 0 Å². The van der Waals surface area contributed by atoms with Crippen molar-refractivity contribution in [1.82, 2.24) is 14.5 Å². The molecule has 0 unspecified atom stereocenters. The lowest BCUT2D eigenvalue weighted by molar-refractivity contribution is 0.0697. The van der Waals surface area contributed by atoms with Gasteiger partial charge < -0.3 is 10.1 Å². The summed E-state index contributed by atoms with van der Waals surface area (Å²) in [6.07, 6.45) is 1.77. The fourth-order valence-electron chi connectivity index (χ4n) is 2.06. The highest BCUT2D eigenvalue weighted by Crippen LogP contribution is 2.17. The number of carboxylic acid groups (broad SMARTS) is 1. The molecule has 0 amide bonds. The second-order valence-corrected chi connectivity index (χ2v) is 5.74. The van der Waals surface area contributed by atoms with Gasteiger partial charge >= 0.3 is 11.7 Å². The number of hydrogen-bond acceptors (Lipinski definition) is 4. The van der Waals surface area contributed by atoms with E-state index in [1.807, 2.05) is 6.92 Å². The van der Waals surface area contributed by atoms with Crippen molar-refractivity contribution in [1.29, 1.82) is 0 Å². The Morgan fingerprint density at radius 1 is 1.50 bits per heavy atom. The topological polar surface area (TPSA) is 88.0 Å². The number of aromatic nitrogens is 3. The molecule has 0 saturated carbocycles. The van der Waals surface area contributed by atoms with Gasteiger partial charge in [-0.3, -0.25) is 4.57 Å². The average molecular weight is 289 g/mol. The predicted molar refractivity (Wildman–Crippen MR) is 75.5 cm³/mol. The van der Waals surface area contributed by atoms with Crippen LogP contribution in [0.3, 0.4) is 0 Å². The second-order valence-electron chi connectivity index (χ2n) is 4.42. The van der Waals surface area contributed by atoms with Gasteiger partial charge in [0.15, 0.2) is 0 Å². The number of aryl methyl sites for hydroxylation is 1. The van der Waals surface area contributed by atoms with Gasteiger partial charge in [0.1, 0.15) is 5.01 Å². The lowest BCUT2D eigenvalue weighted by atomic mass is 10.2. The molecule has 0 saturated heterocycles. The zero-order valence-corrected chi connectivity index (χ0v) is 11.4. The van der Waals surface area contributed by atoms with Gasteiger partial charge in [-0.2, -0.15) is 0 Å². The number of nitrogens with zero attached hydrogens (tertiary/aromatic N) is 2. The Hall–Kier alpha value is -2.41. The average Bonchev–Trinajstić information content (AvgIpc) is 2.94. The Balaban J connectivity index is 2.09. The molecule has 20 heavy (non-hydrogen) atoms. The van der Waals surface area contributed by atoms with Crippen molar-refractivity contribution < 1.29 is 9.90 Å². The summed E-state index contributed by atoms with van der Waals surface area (Å²) in [6, 6.07) is 4.58. The van der Waals surface area contributed by atoms with Crippen molar-refractivity contribution >= 4 is 28.3 Å². The Bertz CT molecular complexity index is 859. The molecule has 0 spiro atoms. The second kappa shape index (κ2) is 4.61. The minimum absolute atomic E-state index is 0.149. The first-order valence-corrected chi connectivity index (χ1v) is 6.73. The molecular formula is C13H11N3O3S. The van der Waals surface area contributed by atoms with Crippen molar-refractivity contribution in [2.24, 2.45) is 0 Å². The van der Waals surface area contributed by atoms with Crippen LogP contribution in [-0.2, 0) is 6.54 Å². The molecule has 0 fully saturated rings. The predicted octanol–water partition coefficient (Wildman–Crippen LogP) is 1.84. The van der Waals surface area contributed by atoms with Crippen LogP contribution in [-0.4, -0.2) is 25.6 Å². The van der Waals surface area contributed by atoms with Crippen LogP contribution in [0.5, 0.6) is 0 Å². The molecule has 0 atom stereocenters. The molecule has 0 aliphatic carbocycles. The summed E-state index contributed by atoms with van der Waals surface area (Å²) in [5.41, 5.74) is 1.07. The zero-order chi connectivity index (χ0) is 14.3. The first-order chi connectivity index (χ1) is 9.54. The van der Waals surface area contributed by atoms with Crippen LogP contribution in [0.4, 0.5) is 0 Å². The zero-order valence-electron chi connectivity index (χ0n) is 10.6. The Morgan fingerprint density at radius 2 is 2.30 bits per heavy atom. The van der Waals surface area contributed by atoms with Gasteiger partial charge in [-0.1, -0.05) is 0 Å². The summed E-state index contributed by atoms with van der Waals surface area (Å²) in [4.78, 5) is 30.9. The number of thiazole rings is 1. The maximum Gasteiger partial charge on any atom is 0.335 e. The van der Waals surface area contributed by atoms with E-state index in [1.165, 1.54) is 23.5 Å². The largest absolute Gasteiger partial charge is 0.478 e. The lowest BCUT2D eigenvalue weighted by Crippen LogP contribution is -2.17. The molecule has 6 nitrogen and oxygen atoms in total. The van der Waals surface area contributed by atoms with E-state index in [9.17, 15) is 9.59 Å². The highest BCUT2D eigenvalue weighted by atomic mass is 32.1. The van der Waals surface area contributed by atoms with E-state index < -0.39 is 5.97 Å². The fourth-order valence-corrected chi connectivity index (χ4v) is 2.84. The number of H-pyrrole nitrogens is 1. The van der Waals surface area contributed by atoms with Crippen LogP contribution < -0.4 is 5.69 Å². The number of aromatic amines is 1. The Labute approximate surface area is 117 Å². The highest BCUT2D eigenvalue weighted by molar-refractivity contribution is 7.11. The Morgan fingerprint density at radius 3 is 2.95 bits per heavy atom. The van der Waals surface area contributed by atoms with E-state index in [0.29, 0.717) is 17.6 Å². The molecule has 0 aliphatic heterocycles. The van der Waals surface area contributed by atoms with E-state index in [4.69, 9.17) is 5.11 Å². The summed E-state index contributed by atoms with van der Waals surface area (Å²) < 4.78 is 1.55. The minimum Gasteiger partial charge on any atom is -0.478 e.